The molecule has 0 fully saturated rings. The summed E-state index contributed by atoms with van der Waals surface area (Å²) in [5.41, 5.74) is 0. The molecule has 0 aromatic heterocycles. The van der Waals surface area contributed by atoms with Gasteiger partial charge in [0.05, 0.1) is 6.61 Å². The van der Waals surface area contributed by atoms with Crippen molar-refractivity contribution in [3.8, 4) is 0 Å². The lowest BCUT2D eigenvalue weighted by Crippen LogP contribution is -2.63. The molecular formula is C7H6Cl10O. The van der Waals surface area contributed by atoms with E-state index >= 15 is 0 Å². The van der Waals surface area contributed by atoms with Crippen molar-refractivity contribution in [1.29, 1.82) is 0 Å². The largest absolute Gasteiger partial charge is 0.393 e. The number of rotatable bonds is 5. The minimum atomic E-state index is -2.42. The summed E-state index contributed by atoms with van der Waals surface area (Å²) in [7, 11) is 0. The zero-order valence-corrected chi connectivity index (χ0v) is 16.0. The highest BCUT2D eigenvalue weighted by molar-refractivity contribution is 6.76. The predicted octanol–water partition coefficient (Wildman–Crippen LogP) is 5.87. The normalized spacial score (nSPS) is 16.0. The number of aliphatic hydroxyl groups excluding tert-OH is 1. The van der Waals surface area contributed by atoms with E-state index in [1.54, 1.807) is 0 Å². The summed E-state index contributed by atoms with van der Waals surface area (Å²) in [6.45, 7) is 0.331. The summed E-state index contributed by atoms with van der Waals surface area (Å²) >= 11 is 58.6. The third-order valence-corrected chi connectivity index (χ3v) is 8.59. The quantitative estimate of drug-likeness (QED) is 0.509. The van der Waals surface area contributed by atoms with Gasteiger partial charge in [-0.3, -0.25) is 0 Å². The second-order valence-corrected chi connectivity index (χ2v) is 10.6. The van der Waals surface area contributed by atoms with Gasteiger partial charge in [-0.15, -0.1) is 0 Å². The Hall–Kier alpha value is 2.86. The molecule has 0 atom stereocenters. The van der Waals surface area contributed by atoms with E-state index < -0.39 is 28.3 Å². The number of hydrogen-bond acceptors (Lipinski definition) is 1. The van der Waals surface area contributed by atoms with E-state index in [2.05, 4.69) is 0 Å². The lowest BCUT2D eigenvalue weighted by Gasteiger charge is -2.48. The van der Waals surface area contributed by atoms with Crippen LogP contribution in [0.15, 0.2) is 0 Å². The second kappa shape index (κ2) is 6.16. The second-order valence-electron chi connectivity index (χ2n) is 3.47. The SMILES string of the molecule is CC(Cl)(Cl)C(Cl)(Cl)C(Cl)(Cl)C(Cl)(Cl)C(Cl)(Cl)CO. The van der Waals surface area contributed by atoms with E-state index in [1.165, 1.54) is 6.92 Å². The van der Waals surface area contributed by atoms with E-state index in [9.17, 15) is 0 Å². The van der Waals surface area contributed by atoms with Crippen LogP contribution in [0.1, 0.15) is 6.92 Å². The van der Waals surface area contributed by atoms with E-state index in [1.807, 2.05) is 0 Å². The fourth-order valence-corrected chi connectivity index (χ4v) is 3.34. The van der Waals surface area contributed by atoms with E-state index in [4.69, 9.17) is 121 Å². The average Bonchev–Trinajstić information content (AvgIpc) is 2.15. The van der Waals surface area contributed by atoms with Crippen LogP contribution in [-0.2, 0) is 0 Å². The average molecular weight is 461 g/mol. The standard InChI is InChI=1S/C7H6Cl10O/c1-3(8,9)5(12,13)7(16,17)6(14,15)4(10,11)2-18/h18H,2H2,1H3. The molecule has 0 heterocycles. The molecule has 0 unspecified atom stereocenters. The van der Waals surface area contributed by atoms with E-state index in [0.29, 0.717) is 0 Å². The molecule has 0 amide bonds. The van der Waals surface area contributed by atoms with Gasteiger partial charge in [-0.2, -0.15) is 0 Å². The Morgan fingerprint density at radius 3 is 1.22 bits per heavy atom. The first-order chi connectivity index (χ1) is 7.56. The van der Waals surface area contributed by atoms with Crippen molar-refractivity contribution < 1.29 is 5.11 Å². The van der Waals surface area contributed by atoms with E-state index in [-0.39, 0.29) is 0 Å². The fourth-order valence-electron chi connectivity index (χ4n) is 0.802. The van der Waals surface area contributed by atoms with Crippen molar-refractivity contribution >= 4 is 116 Å². The highest BCUT2D eigenvalue weighted by atomic mass is 35.6. The van der Waals surface area contributed by atoms with Gasteiger partial charge in [0, 0.05) is 0 Å². The van der Waals surface area contributed by atoms with Crippen LogP contribution in [0.25, 0.3) is 0 Å². The molecule has 0 saturated heterocycles. The Labute approximate surface area is 155 Å². The van der Waals surface area contributed by atoms with Crippen LogP contribution >= 0.6 is 116 Å². The number of alkyl halides is 10. The molecule has 0 spiro atoms. The molecule has 0 bridgehead atoms. The molecule has 0 saturated carbocycles. The first-order valence-electron chi connectivity index (χ1n) is 4.06. The van der Waals surface area contributed by atoms with Gasteiger partial charge in [-0.25, -0.2) is 0 Å². The van der Waals surface area contributed by atoms with Gasteiger partial charge in [0.2, 0.25) is 0 Å². The Kier molecular flexibility index (Phi) is 7.14. The summed E-state index contributed by atoms with van der Waals surface area (Å²) in [6, 6.07) is 0. The highest BCUT2D eigenvalue weighted by Crippen LogP contribution is 2.65. The zero-order chi connectivity index (χ0) is 15.2. The smallest absolute Gasteiger partial charge is 0.189 e. The number of aliphatic hydroxyl groups is 1. The molecule has 0 aromatic rings. The van der Waals surface area contributed by atoms with Crippen molar-refractivity contribution in [2.75, 3.05) is 6.61 Å². The predicted molar refractivity (Wildman–Crippen MR) is 84.9 cm³/mol. The molecule has 0 aromatic carbocycles. The maximum Gasteiger partial charge on any atom is 0.189 e. The zero-order valence-electron chi connectivity index (χ0n) is 8.43. The van der Waals surface area contributed by atoms with Crippen LogP contribution in [-0.4, -0.2) is 33.4 Å². The maximum atomic E-state index is 9.06. The molecule has 0 aliphatic carbocycles. The number of hydrogen-bond donors (Lipinski definition) is 1. The van der Waals surface area contributed by atoms with Gasteiger partial charge < -0.3 is 5.11 Å². The Balaban J connectivity index is 5.80. The Bertz CT molecular complexity index is 304. The van der Waals surface area contributed by atoms with Crippen molar-refractivity contribution in [2.45, 2.75) is 28.6 Å². The summed E-state index contributed by atoms with van der Waals surface area (Å²) in [5, 5.41) is 9.06. The van der Waals surface area contributed by atoms with Gasteiger partial charge >= 0.3 is 0 Å². The first kappa shape index (κ1) is 20.9. The molecule has 110 valence electrons. The molecule has 11 heteroatoms. The molecule has 1 N–H and O–H groups in total. The van der Waals surface area contributed by atoms with Gasteiger partial charge in [-0.1, -0.05) is 116 Å². The van der Waals surface area contributed by atoms with Crippen LogP contribution in [0.3, 0.4) is 0 Å². The van der Waals surface area contributed by atoms with Crippen LogP contribution in [0.5, 0.6) is 0 Å². The molecule has 0 rings (SSSR count). The third kappa shape index (κ3) is 3.43. The fraction of sp³-hybridized carbons (Fsp3) is 1.00. The van der Waals surface area contributed by atoms with Crippen molar-refractivity contribution in [3.05, 3.63) is 0 Å². The van der Waals surface area contributed by atoms with Crippen molar-refractivity contribution in [3.63, 3.8) is 0 Å². The van der Waals surface area contributed by atoms with Crippen LogP contribution < -0.4 is 0 Å². The monoisotopic (exact) mass is 456 g/mol. The van der Waals surface area contributed by atoms with E-state index in [0.717, 1.165) is 0 Å². The Morgan fingerprint density at radius 1 is 0.667 bits per heavy atom. The lowest BCUT2D eigenvalue weighted by molar-refractivity contribution is 0.263. The molecule has 1 nitrogen and oxygen atoms in total. The maximum absolute atomic E-state index is 9.06. The topological polar surface area (TPSA) is 20.2 Å². The van der Waals surface area contributed by atoms with Gasteiger partial charge in [0.1, 0.15) is 0 Å². The van der Waals surface area contributed by atoms with Crippen LogP contribution in [0, 0.1) is 0 Å². The van der Waals surface area contributed by atoms with Crippen LogP contribution in [0.4, 0.5) is 0 Å². The first-order valence-corrected chi connectivity index (χ1v) is 7.84. The van der Waals surface area contributed by atoms with Crippen molar-refractivity contribution in [1.82, 2.24) is 0 Å². The molecule has 0 radical (unpaired) electrons. The molecule has 0 aliphatic rings. The molecule has 18 heavy (non-hydrogen) atoms. The third-order valence-electron chi connectivity index (χ3n) is 2.00. The minimum Gasteiger partial charge on any atom is -0.393 e. The molecular weight excluding hydrogens is 455 g/mol. The summed E-state index contributed by atoms with van der Waals surface area (Å²) < 4.78 is -11.1. The lowest BCUT2D eigenvalue weighted by atomic mass is 10.1. The summed E-state index contributed by atoms with van der Waals surface area (Å²) in [4.78, 5) is 0. The minimum absolute atomic E-state index is 0.880. The van der Waals surface area contributed by atoms with Crippen molar-refractivity contribution in [2.24, 2.45) is 0 Å². The van der Waals surface area contributed by atoms with Crippen LogP contribution in [0.2, 0.25) is 0 Å². The van der Waals surface area contributed by atoms with Gasteiger partial charge in [0.15, 0.2) is 21.7 Å². The number of halogens is 10. The molecule has 0 aliphatic heterocycles. The van der Waals surface area contributed by atoms with Gasteiger partial charge in [0.25, 0.3) is 0 Å². The summed E-state index contributed by atoms with van der Waals surface area (Å²) in [6.07, 6.45) is 0. The summed E-state index contributed by atoms with van der Waals surface area (Å²) in [5.74, 6) is 0. The van der Waals surface area contributed by atoms with Gasteiger partial charge in [-0.05, 0) is 6.92 Å². The highest BCUT2D eigenvalue weighted by Gasteiger charge is 2.72. The Morgan fingerprint density at radius 2 is 1.00 bits per heavy atom.